The van der Waals surface area contributed by atoms with E-state index in [9.17, 15) is 0 Å². The van der Waals surface area contributed by atoms with Gasteiger partial charge < -0.3 is 14.4 Å². The molecule has 0 spiro atoms. The molecule has 0 saturated carbocycles. The summed E-state index contributed by atoms with van der Waals surface area (Å²) >= 11 is 0. The van der Waals surface area contributed by atoms with E-state index in [0.717, 1.165) is 26.3 Å². The van der Waals surface area contributed by atoms with Crippen LogP contribution in [0.25, 0.3) is 0 Å². The van der Waals surface area contributed by atoms with Crippen molar-refractivity contribution in [2.75, 3.05) is 33.4 Å². The molecule has 2 atom stereocenters. The molecule has 0 aromatic carbocycles. The molecule has 3 heteroatoms. The molecule has 1 saturated heterocycles. The molecule has 1 aliphatic heterocycles. The molecule has 0 unspecified atom stereocenters. The van der Waals surface area contributed by atoms with Crippen LogP contribution in [-0.2, 0) is 9.47 Å². The SMILES string of the molecule is CCCCCCCCC=CCCCCCCCCO[C@@H]1CN(C)C[C@H]1OCCCCCCCCC=CCCCCCCCC. The summed E-state index contributed by atoms with van der Waals surface area (Å²) in [6.07, 6.45) is 48.1. The van der Waals surface area contributed by atoms with Crippen LogP contribution in [-0.4, -0.2) is 50.5 Å². The van der Waals surface area contributed by atoms with E-state index in [-0.39, 0.29) is 12.2 Å². The molecule has 260 valence electrons. The molecule has 3 nitrogen and oxygen atoms in total. The summed E-state index contributed by atoms with van der Waals surface area (Å²) in [5.74, 6) is 0. The number of nitrogens with zero attached hydrogens (tertiary/aromatic N) is 1. The van der Waals surface area contributed by atoms with Gasteiger partial charge in [-0.05, 0) is 71.3 Å². The first-order valence-corrected chi connectivity index (χ1v) is 20.0. The molecule has 0 radical (unpaired) electrons. The molecule has 0 N–H and O–H groups in total. The summed E-state index contributed by atoms with van der Waals surface area (Å²) < 4.78 is 12.6. The minimum atomic E-state index is 0.261. The predicted molar refractivity (Wildman–Crippen MR) is 196 cm³/mol. The van der Waals surface area contributed by atoms with Crippen molar-refractivity contribution in [3.8, 4) is 0 Å². The van der Waals surface area contributed by atoms with Crippen LogP contribution in [0.1, 0.15) is 194 Å². The molecule has 44 heavy (non-hydrogen) atoms. The Hall–Kier alpha value is -0.640. The Morgan fingerprint density at radius 2 is 0.682 bits per heavy atom. The van der Waals surface area contributed by atoms with E-state index in [1.54, 1.807) is 0 Å². The zero-order valence-electron chi connectivity index (χ0n) is 30.4. The van der Waals surface area contributed by atoms with E-state index < -0.39 is 0 Å². The van der Waals surface area contributed by atoms with Gasteiger partial charge in [-0.3, -0.25) is 0 Å². The van der Waals surface area contributed by atoms with Crippen molar-refractivity contribution in [2.45, 2.75) is 206 Å². The van der Waals surface area contributed by atoms with Crippen molar-refractivity contribution in [3.63, 3.8) is 0 Å². The van der Waals surface area contributed by atoms with Gasteiger partial charge in [0.25, 0.3) is 0 Å². The van der Waals surface area contributed by atoms with Gasteiger partial charge in [0.2, 0.25) is 0 Å². The van der Waals surface area contributed by atoms with E-state index in [2.05, 4.69) is 50.1 Å². The number of hydrogen-bond donors (Lipinski definition) is 0. The van der Waals surface area contributed by atoms with Gasteiger partial charge >= 0.3 is 0 Å². The minimum absolute atomic E-state index is 0.261. The summed E-state index contributed by atoms with van der Waals surface area (Å²) in [4.78, 5) is 2.37. The van der Waals surface area contributed by atoms with Gasteiger partial charge in [0, 0.05) is 26.3 Å². The number of likely N-dealkylation sites (tertiary alicyclic amines) is 1. The van der Waals surface area contributed by atoms with E-state index in [0.29, 0.717) is 0 Å². The van der Waals surface area contributed by atoms with Crippen molar-refractivity contribution in [3.05, 3.63) is 24.3 Å². The molecular weight excluding hydrogens is 538 g/mol. The molecule has 0 aromatic rings. The number of unbranched alkanes of at least 4 members (excludes halogenated alkanes) is 24. The van der Waals surface area contributed by atoms with Gasteiger partial charge in [-0.25, -0.2) is 0 Å². The van der Waals surface area contributed by atoms with Crippen molar-refractivity contribution >= 4 is 0 Å². The van der Waals surface area contributed by atoms with Crippen LogP contribution in [0.5, 0.6) is 0 Å². The van der Waals surface area contributed by atoms with Crippen LogP contribution in [0.3, 0.4) is 0 Å². The van der Waals surface area contributed by atoms with Crippen LogP contribution in [0.15, 0.2) is 24.3 Å². The maximum Gasteiger partial charge on any atom is 0.0975 e. The first kappa shape index (κ1) is 41.4. The van der Waals surface area contributed by atoms with E-state index >= 15 is 0 Å². The fraction of sp³-hybridized carbons (Fsp3) is 0.902. The minimum Gasteiger partial charge on any atom is -0.374 e. The van der Waals surface area contributed by atoms with Gasteiger partial charge in [-0.15, -0.1) is 0 Å². The summed E-state index contributed by atoms with van der Waals surface area (Å²) in [6, 6.07) is 0. The van der Waals surface area contributed by atoms with Crippen molar-refractivity contribution in [2.24, 2.45) is 0 Å². The average Bonchev–Trinajstić information content (AvgIpc) is 3.38. The normalized spacial score (nSPS) is 17.6. The van der Waals surface area contributed by atoms with E-state index in [1.807, 2.05) is 0 Å². The fourth-order valence-electron chi connectivity index (χ4n) is 6.41. The number of rotatable bonds is 34. The van der Waals surface area contributed by atoms with Gasteiger partial charge in [0.15, 0.2) is 0 Å². The van der Waals surface area contributed by atoms with Crippen molar-refractivity contribution in [1.29, 1.82) is 0 Å². The Kier molecular flexibility index (Phi) is 31.7. The Bertz CT molecular complexity index is 566. The molecule has 1 fully saturated rings. The molecule has 0 aliphatic carbocycles. The Morgan fingerprint density at radius 3 is 1.00 bits per heavy atom. The lowest BCUT2D eigenvalue weighted by molar-refractivity contribution is -0.0481. The highest BCUT2D eigenvalue weighted by atomic mass is 16.5. The zero-order chi connectivity index (χ0) is 31.6. The summed E-state index contributed by atoms with van der Waals surface area (Å²) in [6.45, 7) is 8.41. The zero-order valence-corrected chi connectivity index (χ0v) is 30.4. The molecule has 0 bridgehead atoms. The Morgan fingerprint density at radius 1 is 0.409 bits per heavy atom. The molecule has 0 aromatic heterocycles. The van der Waals surface area contributed by atoms with Crippen LogP contribution in [0, 0.1) is 0 Å². The molecule has 1 heterocycles. The van der Waals surface area contributed by atoms with E-state index in [4.69, 9.17) is 9.47 Å². The smallest absolute Gasteiger partial charge is 0.0975 e. The molecule has 0 amide bonds. The van der Waals surface area contributed by atoms with Gasteiger partial charge in [0.1, 0.15) is 0 Å². The largest absolute Gasteiger partial charge is 0.374 e. The standard InChI is InChI=1S/C41H79NO2/c1-4-6-8-10-12-14-16-18-20-22-24-26-28-30-32-34-36-43-40-38-42(3)39-41(40)44-37-35-33-31-29-27-25-23-21-19-17-15-13-11-9-7-5-2/h18-21,40-41H,4-17,22-39H2,1-3H3/t40-,41-/m1/s1. The summed E-state index contributed by atoms with van der Waals surface area (Å²) in [5, 5.41) is 0. The quantitative estimate of drug-likeness (QED) is 0.0529. The van der Waals surface area contributed by atoms with Gasteiger partial charge in [-0.2, -0.15) is 0 Å². The van der Waals surface area contributed by atoms with Gasteiger partial charge in [-0.1, -0.05) is 154 Å². The van der Waals surface area contributed by atoms with Crippen molar-refractivity contribution in [1.82, 2.24) is 4.90 Å². The number of hydrogen-bond acceptors (Lipinski definition) is 3. The lowest BCUT2D eigenvalue weighted by Gasteiger charge is -2.20. The predicted octanol–water partition coefficient (Wildman–Crippen LogP) is 12.8. The number of likely N-dealkylation sites (N-methyl/N-ethyl adjacent to an activating group) is 1. The Balaban J connectivity index is 1.87. The van der Waals surface area contributed by atoms with Crippen LogP contribution >= 0.6 is 0 Å². The lowest BCUT2D eigenvalue weighted by atomic mass is 10.1. The molecular formula is C41H79NO2. The summed E-state index contributed by atoms with van der Waals surface area (Å²) in [7, 11) is 2.20. The maximum absolute atomic E-state index is 6.31. The lowest BCUT2D eigenvalue weighted by Crippen LogP contribution is -2.30. The Labute approximate surface area is 277 Å². The highest BCUT2D eigenvalue weighted by molar-refractivity contribution is 4.85. The molecule has 1 aliphatic rings. The number of ether oxygens (including phenoxy) is 2. The highest BCUT2D eigenvalue weighted by Crippen LogP contribution is 2.18. The highest BCUT2D eigenvalue weighted by Gasteiger charge is 2.32. The second-order valence-corrected chi connectivity index (χ2v) is 13.9. The topological polar surface area (TPSA) is 21.7 Å². The van der Waals surface area contributed by atoms with Crippen LogP contribution in [0.2, 0.25) is 0 Å². The first-order valence-electron chi connectivity index (χ1n) is 20.0. The fourth-order valence-corrected chi connectivity index (χ4v) is 6.41. The van der Waals surface area contributed by atoms with Gasteiger partial charge in [0.05, 0.1) is 12.2 Å². The third-order valence-electron chi connectivity index (χ3n) is 9.37. The van der Waals surface area contributed by atoms with Crippen LogP contribution < -0.4 is 0 Å². The van der Waals surface area contributed by atoms with Crippen LogP contribution in [0.4, 0.5) is 0 Å². The number of allylic oxidation sites excluding steroid dienone is 4. The summed E-state index contributed by atoms with van der Waals surface area (Å²) in [5.41, 5.74) is 0. The maximum atomic E-state index is 6.31. The van der Waals surface area contributed by atoms with E-state index in [1.165, 1.54) is 180 Å². The van der Waals surface area contributed by atoms with Crippen molar-refractivity contribution < 1.29 is 9.47 Å². The first-order chi connectivity index (χ1) is 21.8. The third kappa shape index (κ3) is 27.7. The molecule has 1 rings (SSSR count). The second kappa shape index (κ2) is 33.7. The monoisotopic (exact) mass is 618 g/mol. The average molecular weight is 618 g/mol. The second-order valence-electron chi connectivity index (χ2n) is 13.9. The third-order valence-corrected chi connectivity index (χ3v) is 9.37.